The predicted octanol–water partition coefficient (Wildman–Crippen LogP) is -0.824. The number of carbonyl (C=O) groups is 7. The fourth-order valence-corrected chi connectivity index (χ4v) is 2.79. The molecule has 0 bridgehead atoms. The maximum absolute atomic E-state index is 12.3. The third-order valence-electron chi connectivity index (χ3n) is 3.85. The Bertz CT molecular complexity index is 796. The van der Waals surface area contributed by atoms with Crippen molar-refractivity contribution in [1.29, 1.82) is 0 Å². The van der Waals surface area contributed by atoms with Gasteiger partial charge < -0.3 is 23.7 Å². The van der Waals surface area contributed by atoms with Crippen LogP contribution in [0.15, 0.2) is 0 Å². The van der Waals surface area contributed by atoms with E-state index in [4.69, 9.17) is 23.7 Å². The zero-order valence-corrected chi connectivity index (χ0v) is 20.1. The first-order valence-electron chi connectivity index (χ1n) is 10.0. The van der Waals surface area contributed by atoms with Crippen LogP contribution >= 0.6 is 0 Å². The largest absolute Gasteiger partial charge is 0.463 e. The van der Waals surface area contributed by atoms with E-state index in [1.54, 1.807) is 0 Å². The second-order valence-electron chi connectivity index (χ2n) is 7.03. The van der Waals surface area contributed by atoms with Gasteiger partial charge in [-0.2, -0.15) is 0 Å². The van der Waals surface area contributed by atoms with Crippen molar-refractivity contribution in [2.24, 2.45) is 0 Å². The quantitative estimate of drug-likeness (QED) is 0.216. The van der Waals surface area contributed by atoms with Gasteiger partial charge in [0.25, 0.3) is 0 Å². The fourth-order valence-electron chi connectivity index (χ4n) is 2.79. The number of hydrazine groups is 1. The summed E-state index contributed by atoms with van der Waals surface area (Å²) >= 11 is 0. The molecule has 34 heavy (non-hydrogen) atoms. The summed E-state index contributed by atoms with van der Waals surface area (Å²) < 4.78 is 25.6. The Morgan fingerprint density at radius 2 is 1.06 bits per heavy atom. The molecule has 192 valence electrons. The average Bonchev–Trinajstić information content (AvgIpc) is 2.66. The number of esters is 5. The Balaban J connectivity index is 6.74. The molecule has 0 radical (unpaired) electrons. The van der Waals surface area contributed by atoms with Crippen molar-refractivity contribution >= 4 is 41.7 Å². The van der Waals surface area contributed by atoms with E-state index >= 15 is 0 Å². The molecular weight excluding hydrogens is 460 g/mol. The molecule has 0 aliphatic rings. The van der Waals surface area contributed by atoms with E-state index in [0.717, 1.165) is 48.5 Å². The van der Waals surface area contributed by atoms with Gasteiger partial charge in [0, 0.05) is 48.5 Å². The summed E-state index contributed by atoms with van der Waals surface area (Å²) in [6, 6.07) is -1.46. The van der Waals surface area contributed by atoms with Gasteiger partial charge in [-0.3, -0.25) is 39.0 Å². The molecule has 0 aromatic rings. The van der Waals surface area contributed by atoms with Crippen molar-refractivity contribution in [2.75, 3.05) is 13.2 Å². The summed E-state index contributed by atoms with van der Waals surface area (Å²) in [5, 5.41) is 0.714. The van der Waals surface area contributed by atoms with Gasteiger partial charge in [-0.25, -0.2) is 5.01 Å². The second-order valence-corrected chi connectivity index (χ2v) is 7.03. The number of rotatable bonds is 11. The maximum atomic E-state index is 12.3. The number of nitrogens with zero attached hydrogens (tertiary/aromatic N) is 1. The average molecular weight is 490 g/mol. The van der Waals surface area contributed by atoms with Crippen LogP contribution in [0.1, 0.15) is 48.5 Å². The molecular formula is C20H30N2O12. The van der Waals surface area contributed by atoms with Crippen molar-refractivity contribution in [3.05, 3.63) is 0 Å². The molecule has 0 aromatic carbocycles. The molecule has 0 saturated carbocycles. The van der Waals surface area contributed by atoms with Crippen molar-refractivity contribution in [3.8, 4) is 0 Å². The minimum Gasteiger partial charge on any atom is -0.463 e. The van der Waals surface area contributed by atoms with E-state index in [2.05, 4.69) is 5.43 Å². The molecule has 0 aliphatic carbocycles. The van der Waals surface area contributed by atoms with E-state index in [0.29, 0.717) is 5.01 Å². The van der Waals surface area contributed by atoms with Crippen LogP contribution in [-0.2, 0) is 57.2 Å². The molecule has 1 N–H and O–H groups in total. The molecule has 0 heterocycles. The number of amides is 2. The number of hydrogen-bond acceptors (Lipinski definition) is 12. The Morgan fingerprint density at radius 3 is 1.44 bits per heavy atom. The van der Waals surface area contributed by atoms with Crippen LogP contribution in [0, 0.1) is 0 Å². The van der Waals surface area contributed by atoms with Gasteiger partial charge >= 0.3 is 29.8 Å². The highest BCUT2D eigenvalue weighted by molar-refractivity contribution is 5.80. The lowest BCUT2D eigenvalue weighted by molar-refractivity contribution is -0.199. The standard InChI is InChI=1S/C20H30N2O12/c1-10(23)21-22(11(2)24)17(8-30-12(3)25)19(33-15(6)28)20(34-16(7)29)18(32-14(5)27)9-31-13(4)26/h17-20H,8-9H2,1-7H3,(H,21,23)/t17-,18+,19+,20-/m0/s1. The fraction of sp³-hybridized carbons (Fsp3) is 0.650. The van der Waals surface area contributed by atoms with Crippen LogP contribution in [0.25, 0.3) is 0 Å². The molecule has 4 atom stereocenters. The third-order valence-corrected chi connectivity index (χ3v) is 3.85. The minimum atomic E-state index is -1.67. The lowest BCUT2D eigenvalue weighted by atomic mass is 9.99. The SMILES string of the molecule is CC(=O)NN(C(C)=O)[C@@H](COC(C)=O)[C@@H](OC(C)=O)[C@@H](OC(C)=O)[C@@H](COC(C)=O)OC(C)=O. The number of carbonyl (C=O) groups excluding carboxylic acids is 7. The van der Waals surface area contributed by atoms with Gasteiger partial charge in [0.05, 0.1) is 0 Å². The lowest BCUT2D eigenvalue weighted by Crippen LogP contribution is -2.63. The molecule has 0 fully saturated rings. The lowest BCUT2D eigenvalue weighted by Gasteiger charge is -2.39. The molecule has 0 unspecified atom stereocenters. The highest BCUT2D eigenvalue weighted by Crippen LogP contribution is 2.21. The summed E-state index contributed by atoms with van der Waals surface area (Å²) in [6.45, 7) is 6.08. The van der Waals surface area contributed by atoms with Crippen molar-refractivity contribution in [3.63, 3.8) is 0 Å². The zero-order valence-electron chi connectivity index (χ0n) is 20.1. The van der Waals surface area contributed by atoms with Gasteiger partial charge in [0.2, 0.25) is 11.8 Å². The van der Waals surface area contributed by atoms with Gasteiger partial charge in [0.15, 0.2) is 18.3 Å². The van der Waals surface area contributed by atoms with E-state index < -0.39 is 79.2 Å². The molecule has 0 aliphatic heterocycles. The van der Waals surface area contributed by atoms with Crippen LogP contribution in [0.2, 0.25) is 0 Å². The minimum absolute atomic E-state index is 0.620. The van der Waals surface area contributed by atoms with Gasteiger partial charge in [-0.1, -0.05) is 0 Å². The Kier molecular flexibility index (Phi) is 12.9. The molecule has 0 spiro atoms. The predicted molar refractivity (Wildman–Crippen MR) is 110 cm³/mol. The summed E-state index contributed by atoms with van der Waals surface area (Å²) in [5.74, 6) is -5.71. The first-order chi connectivity index (χ1) is 15.6. The highest BCUT2D eigenvalue weighted by atomic mass is 16.6. The molecule has 0 rings (SSSR count). The topological polar surface area (TPSA) is 181 Å². The van der Waals surface area contributed by atoms with Crippen molar-refractivity contribution in [2.45, 2.75) is 72.8 Å². The van der Waals surface area contributed by atoms with E-state index in [9.17, 15) is 33.6 Å². The first-order valence-corrected chi connectivity index (χ1v) is 10.0. The zero-order chi connectivity index (χ0) is 26.6. The van der Waals surface area contributed by atoms with Crippen LogP contribution in [-0.4, -0.2) is 84.2 Å². The molecule has 0 aromatic heterocycles. The van der Waals surface area contributed by atoms with Crippen LogP contribution < -0.4 is 5.43 Å². The molecule has 0 saturated heterocycles. The first kappa shape index (κ1) is 30.3. The van der Waals surface area contributed by atoms with Crippen molar-refractivity contribution in [1.82, 2.24) is 10.4 Å². The normalized spacial score (nSPS) is 13.7. The van der Waals surface area contributed by atoms with E-state index in [-0.39, 0.29) is 0 Å². The molecule has 14 heteroatoms. The number of ether oxygens (including phenoxy) is 5. The summed E-state index contributed by atoms with van der Waals surface area (Å²) in [6.07, 6.45) is -4.85. The summed E-state index contributed by atoms with van der Waals surface area (Å²) in [4.78, 5) is 82.4. The van der Waals surface area contributed by atoms with Crippen LogP contribution in [0.4, 0.5) is 0 Å². The highest BCUT2D eigenvalue weighted by Gasteiger charge is 2.46. The molecule has 14 nitrogen and oxygen atoms in total. The van der Waals surface area contributed by atoms with Crippen LogP contribution in [0.5, 0.6) is 0 Å². The van der Waals surface area contributed by atoms with Crippen molar-refractivity contribution < 1.29 is 57.2 Å². The van der Waals surface area contributed by atoms with Gasteiger partial charge in [-0.15, -0.1) is 0 Å². The molecule has 2 amide bonds. The van der Waals surface area contributed by atoms with Gasteiger partial charge in [-0.05, 0) is 0 Å². The summed E-state index contributed by atoms with van der Waals surface area (Å²) in [5.41, 5.74) is 2.22. The Labute approximate surface area is 196 Å². The Morgan fingerprint density at radius 1 is 0.618 bits per heavy atom. The van der Waals surface area contributed by atoms with Crippen LogP contribution in [0.3, 0.4) is 0 Å². The number of hydrogen-bond donors (Lipinski definition) is 1. The number of nitrogens with one attached hydrogen (secondary N) is 1. The summed E-state index contributed by atoms with van der Waals surface area (Å²) in [7, 11) is 0. The maximum Gasteiger partial charge on any atom is 0.303 e. The monoisotopic (exact) mass is 490 g/mol. The Hall–Kier alpha value is -3.71. The smallest absolute Gasteiger partial charge is 0.303 e. The van der Waals surface area contributed by atoms with E-state index in [1.807, 2.05) is 0 Å². The second kappa shape index (κ2) is 14.4. The third kappa shape index (κ3) is 11.8. The van der Waals surface area contributed by atoms with Gasteiger partial charge in [0.1, 0.15) is 19.3 Å². The van der Waals surface area contributed by atoms with E-state index in [1.165, 1.54) is 0 Å².